The van der Waals surface area contributed by atoms with Gasteiger partial charge in [0, 0.05) is 54.8 Å². The smallest absolute Gasteiger partial charge is 0.334 e. The number of aliphatic hydroxyl groups excluding tert-OH is 2. The summed E-state index contributed by atoms with van der Waals surface area (Å²) in [5, 5.41) is 17.0. The Labute approximate surface area is 154 Å². The molecule has 0 heterocycles. The molecule has 0 aliphatic rings. The second-order valence-corrected chi connectivity index (χ2v) is 4.21. The number of hydrogen-bond acceptors (Lipinski definition) is 6. The van der Waals surface area contributed by atoms with Crippen molar-refractivity contribution in [1.82, 2.24) is 0 Å². The average Bonchev–Trinajstić information content (AvgIpc) is 2.48. The van der Waals surface area contributed by atoms with E-state index in [0.717, 1.165) is 45.2 Å². The number of carbonyl (C=O) groups is 1. The first-order valence-corrected chi connectivity index (χ1v) is 7.29. The molecule has 23 heavy (non-hydrogen) atoms. The van der Waals surface area contributed by atoms with E-state index >= 15 is 0 Å². The van der Waals surface area contributed by atoms with E-state index in [9.17, 15) is 4.79 Å². The van der Waals surface area contributed by atoms with Gasteiger partial charge in [0.15, 0.2) is 0 Å². The first-order valence-electron chi connectivity index (χ1n) is 7.29. The predicted molar refractivity (Wildman–Crippen MR) is 85.5 cm³/mol. The van der Waals surface area contributed by atoms with E-state index in [1.54, 1.807) is 0 Å². The second-order valence-electron chi connectivity index (χ2n) is 4.21. The zero-order chi connectivity index (χ0) is 17.1. The quantitative estimate of drug-likeness (QED) is 0.105. The van der Waals surface area contributed by atoms with E-state index in [1.807, 2.05) is 0 Å². The maximum atomic E-state index is 10.5. The summed E-state index contributed by atoms with van der Waals surface area (Å²) in [5.74, 6) is -0.617. The van der Waals surface area contributed by atoms with Crippen molar-refractivity contribution in [2.45, 2.75) is 26.2 Å². The summed E-state index contributed by atoms with van der Waals surface area (Å²) in [5.41, 5.74) is 0. The number of hydrogen-bond donors (Lipinski definition) is 2. The molecule has 0 aliphatic carbocycles. The normalized spacial score (nSPS) is 10.1. The fourth-order valence-corrected chi connectivity index (χ4v) is 1.09. The molecule has 6 nitrogen and oxygen atoms in total. The van der Waals surface area contributed by atoms with Gasteiger partial charge in [-0.25, -0.2) is 4.79 Å². The van der Waals surface area contributed by atoms with Gasteiger partial charge in [-0.1, -0.05) is 12.7 Å². The summed E-state index contributed by atoms with van der Waals surface area (Å²) >= 11 is 0. The van der Waals surface area contributed by atoms with Crippen LogP contribution in [0.25, 0.3) is 0 Å². The van der Waals surface area contributed by atoms with Crippen LogP contribution in [0.3, 0.4) is 0 Å². The molecule has 0 radical (unpaired) electrons. The first kappa shape index (κ1) is 27.2. The van der Waals surface area contributed by atoms with Crippen molar-refractivity contribution in [3.05, 3.63) is 31.4 Å². The van der Waals surface area contributed by atoms with Gasteiger partial charge in [-0.05, 0) is 19.8 Å². The van der Waals surface area contributed by atoms with Gasteiger partial charge < -0.3 is 31.3 Å². The molecule has 0 bridgehead atoms. The molecule has 0 aliphatic heterocycles. The molecule has 0 saturated heterocycles. The van der Waals surface area contributed by atoms with Crippen molar-refractivity contribution in [3.63, 3.8) is 0 Å². The van der Waals surface area contributed by atoms with Crippen LogP contribution >= 0.6 is 0 Å². The zero-order valence-electron chi connectivity index (χ0n) is 14.0. The van der Waals surface area contributed by atoms with Crippen LogP contribution in [0.15, 0.2) is 24.5 Å². The van der Waals surface area contributed by atoms with Gasteiger partial charge in [-0.15, -0.1) is 0 Å². The molecule has 134 valence electrons. The van der Waals surface area contributed by atoms with Gasteiger partial charge in [-0.2, -0.15) is 6.42 Å². The minimum absolute atomic E-state index is 0. The Kier molecular flexibility index (Phi) is 27.9. The van der Waals surface area contributed by atoms with E-state index < -0.39 is 5.97 Å². The van der Waals surface area contributed by atoms with Crippen LogP contribution < -0.4 is 0 Å². The van der Waals surface area contributed by atoms with Gasteiger partial charge in [0.25, 0.3) is 0 Å². The fourth-order valence-electron chi connectivity index (χ4n) is 1.09. The first-order chi connectivity index (χ1) is 10.6. The van der Waals surface area contributed by atoms with Crippen LogP contribution in [-0.4, -0.2) is 55.8 Å². The summed E-state index contributed by atoms with van der Waals surface area (Å²) in [6.45, 7) is 11.6. The van der Waals surface area contributed by atoms with Gasteiger partial charge in [-0.3, -0.25) is 0 Å². The average molecular weight is 365 g/mol. The molecule has 0 aromatic rings. The molecular weight excluding hydrogens is 336 g/mol. The SMILES string of the molecule is C=CCOC(=O)/C=C(/C)O.[CH2-]CCOCCCOCCCO.[Ti]. The van der Waals surface area contributed by atoms with E-state index in [0.29, 0.717) is 6.61 Å². The Morgan fingerprint density at radius 3 is 2.22 bits per heavy atom. The summed E-state index contributed by atoms with van der Waals surface area (Å²) in [6, 6.07) is 0. The summed E-state index contributed by atoms with van der Waals surface area (Å²) in [6.07, 6.45) is 4.93. The Balaban J connectivity index is -0.000000338. The van der Waals surface area contributed by atoms with Crippen molar-refractivity contribution in [2.24, 2.45) is 0 Å². The molecular formula is C16H29O6Ti-. The molecule has 0 fully saturated rings. The standard InChI is InChI=1S/C9H19O3.C7H10O3.Ti/c1-2-6-11-8-4-9-12-7-3-5-10;1-3-4-10-7(9)5-6(2)8;/h10H,1-9H2;3,5,8H,1,4H2,2H3;/q-1;;/b;6-5-;. The number of allylic oxidation sites excluding steroid dienone is 1. The predicted octanol–water partition coefficient (Wildman–Crippen LogP) is 2.19. The minimum atomic E-state index is -0.556. The molecule has 0 saturated carbocycles. The topological polar surface area (TPSA) is 85.2 Å². The summed E-state index contributed by atoms with van der Waals surface area (Å²) in [4.78, 5) is 10.5. The summed E-state index contributed by atoms with van der Waals surface area (Å²) < 4.78 is 14.9. The maximum absolute atomic E-state index is 10.5. The molecule has 0 aromatic carbocycles. The van der Waals surface area contributed by atoms with Gasteiger partial charge in [0.05, 0.1) is 11.8 Å². The Hall–Kier alpha value is -0.656. The molecule has 0 spiro atoms. The van der Waals surface area contributed by atoms with E-state index in [-0.39, 0.29) is 40.7 Å². The molecule has 0 amide bonds. The minimum Gasteiger partial charge on any atom is -0.512 e. The molecule has 2 N–H and O–H groups in total. The Morgan fingerprint density at radius 2 is 1.74 bits per heavy atom. The van der Waals surface area contributed by atoms with Crippen LogP contribution in [0.1, 0.15) is 26.2 Å². The largest absolute Gasteiger partial charge is 0.512 e. The van der Waals surface area contributed by atoms with Crippen LogP contribution in [0.5, 0.6) is 0 Å². The monoisotopic (exact) mass is 365 g/mol. The third-order valence-corrected chi connectivity index (χ3v) is 1.98. The van der Waals surface area contributed by atoms with E-state index in [4.69, 9.17) is 19.7 Å². The Morgan fingerprint density at radius 1 is 1.17 bits per heavy atom. The number of aliphatic hydroxyl groups is 2. The Bertz CT molecular complexity index is 280. The van der Waals surface area contributed by atoms with Crippen molar-refractivity contribution >= 4 is 5.97 Å². The fraction of sp³-hybridized carbons (Fsp3) is 0.625. The molecule has 0 rings (SSSR count). The van der Waals surface area contributed by atoms with Crippen LogP contribution in [0.2, 0.25) is 0 Å². The molecule has 0 atom stereocenters. The van der Waals surface area contributed by atoms with Gasteiger partial charge >= 0.3 is 5.97 Å². The van der Waals surface area contributed by atoms with Gasteiger partial charge in [0.1, 0.15) is 6.61 Å². The van der Waals surface area contributed by atoms with E-state index in [2.05, 4.69) is 18.2 Å². The van der Waals surface area contributed by atoms with Crippen molar-refractivity contribution in [3.8, 4) is 0 Å². The maximum Gasteiger partial charge on any atom is 0.334 e. The third-order valence-electron chi connectivity index (χ3n) is 1.98. The van der Waals surface area contributed by atoms with Crippen molar-refractivity contribution < 1.29 is 50.9 Å². The van der Waals surface area contributed by atoms with Crippen LogP contribution in [0.4, 0.5) is 0 Å². The van der Waals surface area contributed by atoms with Crippen molar-refractivity contribution in [2.75, 3.05) is 39.6 Å². The molecule has 7 heteroatoms. The van der Waals surface area contributed by atoms with Crippen LogP contribution in [0, 0.1) is 6.92 Å². The van der Waals surface area contributed by atoms with Crippen molar-refractivity contribution in [1.29, 1.82) is 0 Å². The van der Waals surface area contributed by atoms with Gasteiger partial charge in [0.2, 0.25) is 0 Å². The number of ether oxygens (including phenoxy) is 3. The second kappa shape index (κ2) is 23.6. The van der Waals surface area contributed by atoms with Crippen LogP contribution in [-0.2, 0) is 40.7 Å². The molecule has 0 aromatic heterocycles. The number of rotatable bonds is 12. The molecule has 0 unspecified atom stereocenters. The van der Waals surface area contributed by atoms with E-state index in [1.165, 1.54) is 13.0 Å². The third kappa shape index (κ3) is 29.9. The number of esters is 1. The number of carbonyl (C=O) groups excluding carboxylic acids is 1. The zero-order valence-corrected chi connectivity index (χ0v) is 15.5. The summed E-state index contributed by atoms with van der Waals surface area (Å²) in [7, 11) is 0.